The van der Waals surface area contributed by atoms with Gasteiger partial charge in [-0.25, -0.2) is 0 Å². The highest BCUT2D eigenvalue weighted by Crippen LogP contribution is 2.06. The Labute approximate surface area is 88.6 Å². The molecule has 0 atom stereocenters. The number of aliphatic imine (C=N–C) groups is 1. The first-order valence-electron chi connectivity index (χ1n) is 5.45. The maximum Gasteiger partial charge on any atom is 0.0256 e. The third-order valence-electron chi connectivity index (χ3n) is 2.24. The normalized spacial score (nSPS) is 14.4. The van der Waals surface area contributed by atoms with Gasteiger partial charge in [0.25, 0.3) is 0 Å². The number of rotatable bonds is 5. The third kappa shape index (κ3) is 5.74. The lowest BCUT2D eigenvalue weighted by molar-refractivity contribution is 0.865. The molecule has 0 radical (unpaired) electrons. The van der Waals surface area contributed by atoms with Crippen LogP contribution in [0, 0.1) is 5.92 Å². The Kier molecular flexibility index (Phi) is 7.09. The molecule has 0 amide bonds. The maximum absolute atomic E-state index is 4.53. The van der Waals surface area contributed by atoms with Crippen molar-refractivity contribution >= 4 is 5.71 Å². The van der Waals surface area contributed by atoms with Gasteiger partial charge in [0.2, 0.25) is 0 Å². The zero-order valence-electron chi connectivity index (χ0n) is 10.2. The van der Waals surface area contributed by atoms with Gasteiger partial charge in [-0.1, -0.05) is 38.5 Å². The lowest BCUT2D eigenvalue weighted by atomic mass is 10.1. The molecule has 0 saturated heterocycles. The van der Waals surface area contributed by atoms with Gasteiger partial charge in [-0.15, -0.1) is 0 Å². The van der Waals surface area contributed by atoms with E-state index < -0.39 is 0 Å². The quantitative estimate of drug-likeness (QED) is 0.454. The van der Waals surface area contributed by atoms with Crippen molar-refractivity contribution in [3.05, 3.63) is 23.9 Å². The molecule has 0 heterocycles. The molecule has 0 aromatic heterocycles. The summed E-state index contributed by atoms with van der Waals surface area (Å²) in [5.41, 5.74) is 2.60. The van der Waals surface area contributed by atoms with Gasteiger partial charge in [0.15, 0.2) is 0 Å². The summed E-state index contributed by atoms with van der Waals surface area (Å²) in [4.78, 5) is 4.53. The van der Waals surface area contributed by atoms with Crippen molar-refractivity contribution in [1.82, 2.24) is 0 Å². The van der Waals surface area contributed by atoms with Crippen LogP contribution in [0.5, 0.6) is 0 Å². The zero-order chi connectivity index (χ0) is 11.0. The number of allylic oxidation sites excluding steroid dienone is 3. The Morgan fingerprint density at radius 3 is 2.43 bits per heavy atom. The molecule has 0 spiro atoms. The minimum atomic E-state index is 0.534. The van der Waals surface area contributed by atoms with Crippen LogP contribution in [-0.4, -0.2) is 5.71 Å². The molecular formula is C13H23N. The van der Waals surface area contributed by atoms with Crippen LogP contribution in [0.2, 0.25) is 0 Å². The van der Waals surface area contributed by atoms with E-state index in [1.165, 1.54) is 11.3 Å². The van der Waals surface area contributed by atoms with Gasteiger partial charge < -0.3 is 0 Å². The van der Waals surface area contributed by atoms with Crippen molar-refractivity contribution in [1.29, 1.82) is 0 Å². The van der Waals surface area contributed by atoms with Crippen molar-refractivity contribution in [2.24, 2.45) is 10.9 Å². The van der Waals surface area contributed by atoms with E-state index in [0.717, 1.165) is 12.8 Å². The highest BCUT2D eigenvalue weighted by Gasteiger charge is 2.01. The minimum Gasteiger partial charge on any atom is -0.265 e. The Morgan fingerprint density at radius 2 is 2.00 bits per heavy atom. The second-order valence-corrected chi connectivity index (χ2v) is 3.88. The summed E-state index contributed by atoms with van der Waals surface area (Å²) in [5.74, 6) is 0.534. The van der Waals surface area contributed by atoms with Crippen LogP contribution >= 0.6 is 0 Å². The van der Waals surface area contributed by atoms with E-state index in [0.29, 0.717) is 5.92 Å². The van der Waals surface area contributed by atoms with E-state index >= 15 is 0 Å². The summed E-state index contributed by atoms with van der Waals surface area (Å²) in [6, 6.07) is 0. The zero-order valence-corrected chi connectivity index (χ0v) is 10.2. The Hall–Kier alpha value is -0.850. The van der Waals surface area contributed by atoms with Crippen LogP contribution in [0.4, 0.5) is 0 Å². The summed E-state index contributed by atoms with van der Waals surface area (Å²) in [7, 11) is 0. The summed E-state index contributed by atoms with van der Waals surface area (Å²) in [5, 5.41) is 0. The second-order valence-electron chi connectivity index (χ2n) is 3.88. The molecule has 0 unspecified atom stereocenters. The van der Waals surface area contributed by atoms with Crippen molar-refractivity contribution in [2.45, 2.75) is 47.5 Å². The maximum atomic E-state index is 4.53. The van der Waals surface area contributed by atoms with Crippen LogP contribution in [0.15, 0.2) is 28.9 Å². The van der Waals surface area contributed by atoms with Crippen LogP contribution < -0.4 is 0 Å². The Bertz CT molecular complexity index is 232. The summed E-state index contributed by atoms with van der Waals surface area (Å²) in [6.07, 6.45) is 8.29. The lowest BCUT2D eigenvalue weighted by Crippen LogP contribution is -2.05. The molecule has 14 heavy (non-hydrogen) atoms. The standard InChI is InChI=1S/C13H23N/c1-6-8-9-13(11(3)4)14-10-12(5)7-2/h6,8,10-11H,7,9H2,1-5H3/b8-6-,12-10+,14-13?. The van der Waals surface area contributed by atoms with Crippen molar-refractivity contribution in [3.63, 3.8) is 0 Å². The van der Waals surface area contributed by atoms with E-state index in [9.17, 15) is 0 Å². The van der Waals surface area contributed by atoms with E-state index in [-0.39, 0.29) is 0 Å². The third-order valence-corrected chi connectivity index (χ3v) is 2.24. The number of hydrogen-bond donors (Lipinski definition) is 0. The molecule has 1 nitrogen and oxygen atoms in total. The van der Waals surface area contributed by atoms with Gasteiger partial charge in [0, 0.05) is 18.3 Å². The second kappa shape index (κ2) is 7.54. The predicted octanol–water partition coefficient (Wildman–Crippen LogP) is 4.36. The first-order valence-corrected chi connectivity index (χ1v) is 5.45. The Morgan fingerprint density at radius 1 is 1.36 bits per heavy atom. The molecular weight excluding hydrogens is 170 g/mol. The fraction of sp³-hybridized carbons (Fsp3) is 0.615. The fourth-order valence-corrected chi connectivity index (χ4v) is 0.960. The van der Waals surface area contributed by atoms with Crippen molar-refractivity contribution < 1.29 is 0 Å². The largest absolute Gasteiger partial charge is 0.265 e. The molecule has 0 saturated carbocycles. The average molecular weight is 193 g/mol. The summed E-state index contributed by atoms with van der Waals surface area (Å²) < 4.78 is 0. The highest BCUT2D eigenvalue weighted by atomic mass is 14.7. The van der Waals surface area contributed by atoms with E-state index in [1.807, 2.05) is 13.1 Å². The molecule has 0 aliphatic rings. The van der Waals surface area contributed by atoms with Crippen molar-refractivity contribution in [3.8, 4) is 0 Å². The SMILES string of the molecule is C/C=C\CC(=N/C=C(\C)CC)C(C)C. The molecule has 0 rings (SSSR count). The number of hydrogen-bond acceptors (Lipinski definition) is 1. The lowest BCUT2D eigenvalue weighted by Gasteiger charge is -2.06. The van der Waals surface area contributed by atoms with E-state index in [4.69, 9.17) is 0 Å². The van der Waals surface area contributed by atoms with Crippen LogP contribution in [0.3, 0.4) is 0 Å². The van der Waals surface area contributed by atoms with Gasteiger partial charge in [-0.05, 0) is 26.2 Å². The highest BCUT2D eigenvalue weighted by molar-refractivity contribution is 5.87. The van der Waals surface area contributed by atoms with Gasteiger partial charge in [-0.2, -0.15) is 0 Å². The summed E-state index contributed by atoms with van der Waals surface area (Å²) in [6.45, 7) is 10.7. The van der Waals surface area contributed by atoms with Gasteiger partial charge >= 0.3 is 0 Å². The summed E-state index contributed by atoms with van der Waals surface area (Å²) >= 11 is 0. The predicted molar refractivity (Wildman–Crippen MR) is 65.8 cm³/mol. The molecule has 0 aromatic rings. The molecule has 0 bridgehead atoms. The van der Waals surface area contributed by atoms with E-state index in [2.05, 4.69) is 44.8 Å². The van der Waals surface area contributed by atoms with Gasteiger partial charge in [0.05, 0.1) is 0 Å². The monoisotopic (exact) mass is 193 g/mol. The minimum absolute atomic E-state index is 0.534. The van der Waals surface area contributed by atoms with E-state index in [1.54, 1.807) is 0 Å². The van der Waals surface area contributed by atoms with Crippen molar-refractivity contribution in [2.75, 3.05) is 0 Å². The number of nitrogens with zero attached hydrogens (tertiary/aromatic N) is 1. The van der Waals surface area contributed by atoms with Crippen LogP contribution in [0.25, 0.3) is 0 Å². The molecule has 1 heteroatoms. The topological polar surface area (TPSA) is 12.4 Å². The Balaban J connectivity index is 4.48. The molecule has 0 aliphatic heterocycles. The van der Waals surface area contributed by atoms with Gasteiger partial charge in [-0.3, -0.25) is 4.99 Å². The van der Waals surface area contributed by atoms with Crippen LogP contribution in [-0.2, 0) is 0 Å². The smallest absolute Gasteiger partial charge is 0.0256 e. The molecule has 0 fully saturated rings. The van der Waals surface area contributed by atoms with Crippen LogP contribution in [0.1, 0.15) is 47.5 Å². The first kappa shape index (κ1) is 13.2. The molecule has 0 N–H and O–H groups in total. The first-order chi connectivity index (χ1) is 6.61. The van der Waals surface area contributed by atoms with Gasteiger partial charge in [0.1, 0.15) is 0 Å². The fourth-order valence-electron chi connectivity index (χ4n) is 0.960. The average Bonchev–Trinajstić information content (AvgIpc) is 2.16. The molecule has 0 aliphatic carbocycles. The molecule has 0 aromatic carbocycles. The molecule has 80 valence electrons.